The van der Waals surface area contributed by atoms with Crippen LogP contribution in [0.5, 0.6) is 0 Å². The first-order chi connectivity index (χ1) is 8.22. The molecule has 0 radical (unpaired) electrons. The van der Waals surface area contributed by atoms with Crippen LogP contribution < -0.4 is 0 Å². The summed E-state index contributed by atoms with van der Waals surface area (Å²) in [5, 5.41) is 3.59. The Morgan fingerprint density at radius 3 is 2.65 bits per heavy atom. The van der Waals surface area contributed by atoms with E-state index in [1.54, 1.807) is 0 Å². The number of hydrogen-bond acceptors (Lipinski definition) is 3. The molecule has 1 heterocycles. The molecular weight excluding hydrogens is 236 g/mol. The quantitative estimate of drug-likeness (QED) is 0.773. The molecular formula is C13H15ClN2O. The number of alkyl halides is 1. The van der Waals surface area contributed by atoms with Crippen LogP contribution in [-0.4, -0.2) is 10.1 Å². The zero-order valence-corrected chi connectivity index (χ0v) is 10.7. The number of halogens is 1. The Labute approximate surface area is 106 Å². The van der Waals surface area contributed by atoms with Crippen LogP contribution in [0.3, 0.4) is 0 Å². The highest BCUT2D eigenvalue weighted by Gasteiger charge is 2.19. The van der Waals surface area contributed by atoms with Crippen molar-refractivity contribution in [2.45, 2.75) is 31.6 Å². The van der Waals surface area contributed by atoms with Gasteiger partial charge in [-0.25, -0.2) is 0 Å². The first-order valence-corrected chi connectivity index (χ1v) is 6.18. The second-order valence-corrected chi connectivity index (χ2v) is 4.51. The van der Waals surface area contributed by atoms with Gasteiger partial charge in [0.2, 0.25) is 5.89 Å². The van der Waals surface area contributed by atoms with Gasteiger partial charge in [-0.05, 0) is 12.0 Å². The van der Waals surface area contributed by atoms with E-state index in [1.807, 2.05) is 30.3 Å². The average molecular weight is 251 g/mol. The molecule has 17 heavy (non-hydrogen) atoms. The molecule has 1 aromatic carbocycles. The molecule has 0 N–H and O–H groups in total. The van der Waals surface area contributed by atoms with Gasteiger partial charge >= 0.3 is 0 Å². The Morgan fingerprint density at radius 1 is 1.29 bits per heavy atom. The first-order valence-electron chi connectivity index (χ1n) is 5.75. The predicted octanol–water partition coefficient (Wildman–Crippen LogP) is 3.91. The summed E-state index contributed by atoms with van der Waals surface area (Å²) < 4.78 is 5.21. The molecule has 0 aliphatic heterocycles. The van der Waals surface area contributed by atoms with Gasteiger partial charge in [0, 0.05) is 5.92 Å². The van der Waals surface area contributed by atoms with Gasteiger partial charge in [0.05, 0.1) is 0 Å². The fraction of sp³-hybridized carbons (Fsp3) is 0.385. The second-order valence-electron chi connectivity index (χ2n) is 4.07. The molecule has 0 fully saturated rings. The number of rotatable bonds is 4. The van der Waals surface area contributed by atoms with Gasteiger partial charge in [-0.3, -0.25) is 0 Å². The molecule has 0 amide bonds. The fourth-order valence-electron chi connectivity index (χ4n) is 1.50. The summed E-state index contributed by atoms with van der Waals surface area (Å²) in [6, 6.07) is 9.73. The van der Waals surface area contributed by atoms with Gasteiger partial charge < -0.3 is 4.52 Å². The van der Waals surface area contributed by atoms with Gasteiger partial charge in [0.15, 0.2) is 5.82 Å². The Hall–Kier alpha value is -1.35. The largest absolute Gasteiger partial charge is 0.337 e. The third-order valence-electron chi connectivity index (χ3n) is 2.82. The van der Waals surface area contributed by atoms with Gasteiger partial charge in [0.25, 0.3) is 0 Å². The Kier molecular flexibility index (Phi) is 3.79. The van der Waals surface area contributed by atoms with E-state index in [-0.39, 0.29) is 5.38 Å². The van der Waals surface area contributed by atoms with Gasteiger partial charge in [-0.15, -0.1) is 11.6 Å². The highest BCUT2D eigenvalue weighted by molar-refractivity contribution is 6.22. The Morgan fingerprint density at radius 2 is 2.00 bits per heavy atom. The van der Waals surface area contributed by atoms with Crippen molar-refractivity contribution in [2.75, 3.05) is 0 Å². The van der Waals surface area contributed by atoms with E-state index in [9.17, 15) is 0 Å². The monoisotopic (exact) mass is 250 g/mol. The molecule has 90 valence electrons. The first kappa shape index (κ1) is 12.1. The predicted molar refractivity (Wildman–Crippen MR) is 67.1 cm³/mol. The molecule has 2 atom stereocenters. The molecule has 2 unspecified atom stereocenters. The minimum Gasteiger partial charge on any atom is -0.337 e. The number of hydrogen-bond donors (Lipinski definition) is 0. The van der Waals surface area contributed by atoms with E-state index in [2.05, 4.69) is 24.0 Å². The zero-order valence-electron chi connectivity index (χ0n) is 9.93. The highest BCUT2D eigenvalue weighted by atomic mass is 35.5. The average Bonchev–Trinajstić information content (AvgIpc) is 2.87. The van der Waals surface area contributed by atoms with Crippen molar-refractivity contribution in [3.05, 3.63) is 47.6 Å². The lowest BCUT2D eigenvalue weighted by Gasteiger charge is -2.03. The van der Waals surface area contributed by atoms with E-state index < -0.39 is 0 Å². The summed E-state index contributed by atoms with van der Waals surface area (Å²) in [5.74, 6) is 1.49. The van der Waals surface area contributed by atoms with Crippen LogP contribution in [0.2, 0.25) is 0 Å². The van der Waals surface area contributed by atoms with Gasteiger partial charge in [-0.1, -0.05) is 49.3 Å². The maximum Gasteiger partial charge on any atom is 0.249 e. The summed E-state index contributed by atoms with van der Waals surface area (Å²) in [5.41, 5.74) is 0.966. The van der Waals surface area contributed by atoms with Crippen LogP contribution in [0.1, 0.15) is 48.8 Å². The van der Waals surface area contributed by atoms with Crippen LogP contribution >= 0.6 is 11.6 Å². The fourth-order valence-corrected chi connectivity index (χ4v) is 1.73. The van der Waals surface area contributed by atoms with E-state index in [0.29, 0.717) is 11.8 Å². The lowest BCUT2D eigenvalue weighted by molar-refractivity contribution is 0.373. The van der Waals surface area contributed by atoms with Crippen LogP contribution in [-0.2, 0) is 0 Å². The summed E-state index contributed by atoms with van der Waals surface area (Å²) in [4.78, 5) is 4.35. The topological polar surface area (TPSA) is 38.9 Å². The van der Waals surface area contributed by atoms with Crippen molar-refractivity contribution < 1.29 is 4.52 Å². The normalized spacial score (nSPS) is 14.5. The molecule has 0 aliphatic carbocycles. The minimum absolute atomic E-state index is 0.298. The third-order valence-corrected chi connectivity index (χ3v) is 3.26. The number of benzene rings is 1. The Balaban J connectivity index is 2.20. The maximum atomic E-state index is 6.30. The van der Waals surface area contributed by atoms with E-state index >= 15 is 0 Å². The van der Waals surface area contributed by atoms with E-state index in [4.69, 9.17) is 16.1 Å². The van der Waals surface area contributed by atoms with Crippen molar-refractivity contribution in [1.29, 1.82) is 0 Å². The standard InChI is InChI=1S/C13H15ClN2O/c1-3-9(2)12-15-13(17-16-12)11(14)10-7-5-4-6-8-10/h4-9,11H,3H2,1-2H3. The molecule has 0 saturated heterocycles. The van der Waals surface area contributed by atoms with E-state index in [1.165, 1.54) is 0 Å². The number of nitrogens with zero attached hydrogens (tertiary/aromatic N) is 2. The van der Waals surface area contributed by atoms with Crippen molar-refractivity contribution in [2.24, 2.45) is 0 Å². The molecule has 3 nitrogen and oxygen atoms in total. The molecule has 0 spiro atoms. The molecule has 2 aromatic rings. The smallest absolute Gasteiger partial charge is 0.249 e. The van der Waals surface area contributed by atoms with Crippen molar-refractivity contribution in [3.63, 3.8) is 0 Å². The van der Waals surface area contributed by atoms with E-state index in [0.717, 1.165) is 17.8 Å². The van der Waals surface area contributed by atoms with Crippen molar-refractivity contribution in [3.8, 4) is 0 Å². The summed E-state index contributed by atoms with van der Waals surface area (Å²) in [6.07, 6.45) is 0.983. The minimum atomic E-state index is -0.374. The van der Waals surface area contributed by atoms with Crippen molar-refractivity contribution in [1.82, 2.24) is 10.1 Å². The van der Waals surface area contributed by atoms with Crippen LogP contribution in [0, 0.1) is 0 Å². The van der Waals surface area contributed by atoms with Gasteiger partial charge in [0.1, 0.15) is 5.38 Å². The van der Waals surface area contributed by atoms with Crippen LogP contribution in [0.4, 0.5) is 0 Å². The van der Waals surface area contributed by atoms with Gasteiger partial charge in [-0.2, -0.15) is 4.98 Å². The van der Waals surface area contributed by atoms with Crippen LogP contribution in [0.15, 0.2) is 34.9 Å². The summed E-state index contributed by atoms with van der Waals surface area (Å²) in [6.45, 7) is 4.16. The van der Waals surface area contributed by atoms with Crippen molar-refractivity contribution >= 4 is 11.6 Å². The van der Waals surface area contributed by atoms with Crippen LogP contribution in [0.25, 0.3) is 0 Å². The zero-order chi connectivity index (χ0) is 12.3. The third kappa shape index (κ3) is 2.67. The summed E-state index contributed by atoms with van der Waals surface area (Å²) >= 11 is 6.30. The molecule has 0 aliphatic rings. The summed E-state index contributed by atoms with van der Waals surface area (Å²) in [7, 11) is 0. The molecule has 0 bridgehead atoms. The molecule has 2 rings (SSSR count). The molecule has 1 aromatic heterocycles. The maximum absolute atomic E-state index is 6.30. The number of aromatic nitrogens is 2. The molecule has 4 heteroatoms. The lowest BCUT2D eigenvalue weighted by atomic mass is 10.1. The second kappa shape index (κ2) is 5.32. The highest BCUT2D eigenvalue weighted by Crippen LogP contribution is 2.28. The molecule has 0 saturated carbocycles. The lowest BCUT2D eigenvalue weighted by Crippen LogP contribution is -1.96. The SMILES string of the molecule is CCC(C)c1noc(C(Cl)c2ccccc2)n1. The Bertz CT molecular complexity index is 469.